The maximum absolute atomic E-state index is 12.9. The van der Waals surface area contributed by atoms with Crippen LogP contribution in [0.3, 0.4) is 0 Å². The molecule has 2 aromatic rings. The molecule has 2 atom stereocenters. The first-order valence-electron chi connectivity index (χ1n) is 12.3. The number of ether oxygens (including phenoxy) is 1. The number of amides is 4. The van der Waals surface area contributed by atoms with Crippen LogP contribution in [0.15, 0.2) is 47.5 Å². The Morgan fingerprint density at radius 1 is 1.15 bits per heavy atom. The summed E-state index contributed by atoms with van der Waals surface area (Å²) < 4.78 is 5.44. The van der Waals surface area contributed by atoms with Gasteiger partial charge in [0.2, 0.25) is 11.8 Å². The lowest BCUT2D eigenvalue weighted by molar-refractivity contribution is -0.141. The number of likely N-dealkylation sites (N-methyl/N-ethyl adjacent to an activating group) is 1. The Labute approximate surface area is 231 Å². The van der Waals surface area contributed by atoms with Gasteiger partial charge in [0, 0.05) is 31.8 Å². The quantitative estimate of drug-likeness (QED) is 0.333. The summed E-state index contributed by atoms with van der Waals surface area (Å²) in [4.78, 5) is 54.1. The van der Waals surface area contributed by atoms with Gasteiger partial charge in [-0.05, 0) is 36.2 Å². The number of para-hydroxylation sites is 1. The number of nitrogens with zero attached hydrogens (tertiary/aromatic N) is 2. The van der Waals surface area contributed by atoms with Crippen molar-refractivity contribution in [1.29, 1.82) is 0 Å². The highest BCUT2D eigenvalue weighted by atomic mass is 32.2. The first-order chi connectivity index (χ1) is 18.5. The largest absolute Gasteiger partial charge is 0.495 e. The number of aryl methyl sites for hydroxylation is 1. The molecule has 0 saturated carbocycles. The number of nitrogens with one attached hydrogen (secondary N) is 3. The normalized spacial score (nSPS) is 15.1. The number of thioether (sulfide) groups is 1. The number of rotatable bonds is 11. The van der Waals surface area contributed by atoms with Gasteiger partial charge in [-0.1, -0.05) is 24.3 Å². The summed E-state index contributed by atoms with van der Waals surface area (Å²) in [6, 6.07) is 10.9. The van der Waals surface area contributed by atoms with Crippen LogP contribution in [0.25, 0.3) is 0 Å². The number of aliphatic imine (C=N–C) groups is 1. The van der Waals surface area contributed by atoms with Gasteiger partial charge in [-0.3, -0.25) is 14.6 Å². The topological polar surface area (TPSA) is 149 Å². The Morgan fingerprint density at radius 2 is 1.87 bits per heavy atom. The Balaban J connectivity index is 1.56. The summed E-state index contributed by atoms with van der Waals surface area (Å²) in [5.41, 5.74) is 2.82. The minimum absolute atomic E-state index is 0.119. The number of carbonyl (C=O) groups is 4. The van der Waals surface area contributed by atoms with E-state index in [1.165, 1.54) is 25.8 Å². The van der Waals surface area contributed by atoms with Gasteiger partial charge in [0.25, 0.3) is 0 Å². The number of methoxy groups -OCH3 is 1. The number of aliphatic carboxylic acids is 1. The number of anilines is 2. The molecule has 0 radical (unpaired) electrons. The van der Waals surface area contributed by atoms with Crippen LogP contribution in [-0.2, 0) is 20.8 Å². The molecule has 12 heteroatoms. The van der Waals surface area contributed by atoms with Crippen molar-refractivity contribution >= 4 is 52.0 Å². The smallest absolute Gasteiger partial charge is 0.326 e. The molecule has 0 spiro atoms. The number of hydrogen-bond donors (Lipinski definition) is 4. The highest BCUT2D eigenvalue weighted by Crippen LogP contribution is 2.27. The van der Waals surface area contributed by atoms with Gasteiger partial charge in [0.05, 0.1) is 36.8 Å². The summed E-state index contributed by atoms with van der Waals surface area (Å²) in [7, 11) is 3.17. The Morgan fingerprint density at radius 3 is 2.54 bits per heavy atom. The third-order valence-corrected chi connectivity index (χ3v) is 7.13. The second kappa shape index (κ2) is 13.7. The Hall–Kier alpha value is -4.06. The molecular formula is C27H33N5O6S. The lowest BCUT2D eigenvalue weighted by Gasteiger charge is -2.18. The minimum atomic E-state index is -1.10. The third-order valence-electron chi connectivity index (χ3n) is 6.01. The molecule has 2 unspecified atom stereocenters. The molecule has 4 N–H and O–H groups in total. The van der Waals surface area contributed by atoms with Crippen molar-refractivity contribution in [2.75, 3.05) is 37.1 Å². The fraction of sp³-hybridized carbons (Fsp3) is 0.370. The highest BCUT2D eigenvalue weighted by Gasteiger charge is 2.27. The number of carbonyl (C=O) groups excluding carboxylic acids is 3. The van der Waals surface area contributed by atoms with Crippen LogP contribution in [0.1, 0.15) is 24.5 Å². The van der Waals surface area contributed by atoms with E-state index in [4.69, 9.17) is 4.74 Å². The average molecular weight is 556 g/mol. The summed E-state index contributed by atoms with van der Waals surface area (Å²) in [5, 5.41) is 18.1. The number of carboxylic acid groups (broad SMARTS) is 1. The van der Waals surface area contributed by atoms with E-state index in [0.717, 1.165) is 10.6 Å². The van der Waals surface area contributed by atoms with Gasteiger partial charge in [0.15, 0.2) is 0 Å². The highest BCUT2D eigenvalue weighted by molar-refractivity contribution is 8.14. The Kier molecular flexibility index (Phi) is 10.3. The summed E-state index contributed by atoms with van der Waals surface area (Å²) in [6.45, 7) is 3.48. The molecular weight excluding hydrogens is 522 g/mol. The van der Waals surface area contributed by atoms with Crippen molar-refractivity contribution in [2.45, 2.75) is 38.8 Å². The first kappa shape index (κ1) is 29.5. The van der Waals surface area contributed by atoms with Gasteiger partial charge in [-0.25, -0.2) is 9.59 Å². The van der Waals surface area contributed by atoms with Crippen LogP contribution >= 0.6 is 11.8 Å². The van der Waals surface area contributed by atoms with Crippen LogP contribution in [0.5, 0.6) is 5.75 Å². The predicted molar refractivity (Wildman–Crippen MR) is 152 cm³/mol. The number of hydrogen-bond acceptors (Lipinski definition) is 7. The monoisotopic (exact) mass is 555 g/mol. The second-order valence-corrected chi connectivity index (χ2v) is 10.3. The molecule has 4 amide bonds. The summed E-state index contributed by atoms with van der Waals surface area (Å²) >= 11 is 1.47. The fourth-order valence-electron chi connectivity index (χ4n) is 3.96. The second-order valence-electron chi connectivity index (χ2n) is 9.17. The zero-order chi connectivity index (χ0) is 28.5. The van der Waals surface area contributed by atoms with E-state index >= 15 is 0 Å². The van der Waals surface area contributed by atoms with Crippen LogP contribution in [0, 0.1) is 6.92 Å². The fourth-order valence-corrected chi connectivity index (χ4v) is 5.06. The molecule has 3 rings (SSSR count). The van der Waals surface area contributed by atoms with Gasteiger partial charge < -0.3 is 30.7 Å². The standard InChI is InChI=1S/C27H33N5O6S/c1-16-7-5-6-8-20(16)30-27(37)31-21-10-9-18(11-23(21)38-4)12-25(34)32(3)14-24-29-19(15-39-24)13-22(26(35)36)28-17(2)33/h5-11,19,22H,12-15H2,1-4H3,(H,28,33)(H,35,36)(H2,30,31,37). The van der Waals surface area contributed by atoms with Gasteiger partial charge in [-0.2, -0.15) is 0 Å². The van der Waals surface area contributed by atoms with Crippen LogP contribution in [0.2, 0.25) is 0 Å². The van der Waals surface area contributed by atoms with Crippen LogP contribution in [-0.4, -0.2) is 77.4 Å². The van der Waals surface area contributed by atoms with Crippen molar-refractivity contribution in [2.24, 2.45) is 4.99 Å². The van der Waals surface area contributed by atoms with E-state index in [0.29, 0.717) is 35.0 Å². The van der Waals surface area contributed by atoms with Crippen LogP contribution in [0.4, 0.5) is 16.2 Å². The molecule has 0 aliphatic carbocycles. The molecule has 1 aliphatic heterocycles. The molecule has 39 heavy (non-hydrogen) atoms. The van der Waals surface area contributed by atoms with E-state index < -0.39 is 23.9 Å². The van der Waals surface area contributed by atoms with E-state index in [2.05, 4.69) is 20.9 Å². The van der Waals surface area contributed by atoms with E-state index in [9.17, 15) is 24.3 Å². The van der Waals surface area contributed by atoms with Gasteiger partial charge in [0.1, 0.15) is 11.8 Å². The molecule has 0 bridgehead atoms. The molecule has 0 aromatic heterocycles. The van der Waals surface area contributed by atoms with Crippen molar-refractivity contribution in [3.8, 4) is 5.75 Å². The molecule has 2 aromatic carbocycles. The first-order valence-corrected chi connectivity index (χ1v) is 13.3. The molecule has 1 heterocycles. The number of carboxylic acids is 1. The lowest BCUT2D eigenvalue weighted by atomic mass is 10.1. The minimum Gasteiger partial charge on any atom is -0.495 e. The lowest BCUT2D eigenvalue weighted by Crippen LogP contribution is -2.41. The van der Waals surface area contributed by atoms with E-state index in [1.807, 2.05) is 31.2 Å². The third kappa shape index (κ3) is 8.74. The summed E-state index contributed by atoms with van der Waals surface area (Å²) in [6.07, 6.45) is 0.305. The predicted octanol–water partition coefficient (Wildman–Crippen LogP) is 3.14. The molecule has 11 nitrogen and oxygen atoms in total. The number of urea groups is 1. The van der Waals surface area contributed by atoms with Crippen molar-refractivity contribution in [3.05, 3.63) is 53.6 Å². The van der Waals surface area contributed by atoms with E-state index in [1.54, 1.807) is 30.1 Å². The molecule has 208 valence electrons. The maximum Gasteiger partial charge on any atom is 0.326 e. The SMILES string of the molecule is COc1cc(CC(=O)N(C)CC2=NC(CC(NC(C)=O)C(=O)O)CS2)ccc1NC(=O)Nc1ccccc1C. The van der Waals surface area contributed by atoms with Gasteiger partial charge in [-0.15, -0.1) is 11.8 Å². The van der Waals surface area contributed by atoms with Crippen molar-refractivity contribution in [3.63, 3.8) is 0 Å². The average Bonchev–Trinajstić information content (AvgIpc) is 3.32. The zero-order valence-electron chi connectivity index (χ0n) is 22.3. The number of benzene rings is 2. The van der Waals surface area contributed by atoms with Crippen LogP contribution < -0.4 is 20.7 Å². The van der Waals surface area contributed by atoms with Crippen molar-refractivity contribution < 1.29 is 29.0 Å². The Bertz CT molecular complexity index is 1270. The molecule has 0 fully saturated rings. The molecule has 0 saturated heterocycles. The molecule has 1 aliphatic rings. The zero-order valence-corrected chi connectivity index (χ0v) is 23.1. The van der Waals surface area contributed by atoms with Crippen molar-refractivity contribution in [1.82, 2.24) is 10.2 Å². The van der Waals surface area contributed by atoms with E-state index in [-0.39, 0.29) is 24.8 Å². The van der Waals surface area contributed by atoms with Gasteiger partial charge >= 0.3 is 12.0 Å². The summed E-state index contributed by atoms with van der Waals surface area (Å²) in [5.74, 6) is -0.635. The maximum atomic E-state index is 12.9.